The van der Waals surface area contributed by atoms with Gasteiger partial charge in [-0.3, -0.25) is 4.79 Å². The number of nitriles is 1. The molecule has 1 amide bonds. The Morgan fingerprint density at radius 1 is 1.24 bits per heavy atom. The monoisotopic (exact) mass is 464 g/mol. The predicted octanol–water partition coefficient (Wildman–Crippen LogP) is 3.47. The second-order valence-corrected chi connectivity index (χ2v) is 9.37. The zero-order valence-electron chi connectivity index (χ0n) is 17.4. The molecule has 0 aliphatic carbocycles. The molecule has 33 heavy (non-hydrogen) atoms. The lowest BCUT2D eigenvalue weighted by molar-refractivity contribution is 0.0615. The van der Waals surface area contributed by atoms with Crippen LogP contribution in [0, 0.1) is 23.0 Å². The number of thiophene rings is 1. The number of aryl methyl sites for hydroxylation is 1. The Balaban J connectivity index is 1.66. The van der Waals surface area contributed by atoms with Gasteiger partial charge in [-0.15, -0.1) is 11.3 Å². The maximum absolute atomic E-state index is 15.8. The summed E-state index contributed by atoms with van der Waals surface area (Å²) in [5.74, 6) is -1.40. The lowest BCUT2D eigenvalue weighted by atomic mass is 9.94. The number of hydrogen-bond acceptors (Lipinski definition) is 6. The van der Waals surface area contributed by atoms with Crippen LogP contribution in [-0.4, -0.2) is 46.0 Å². The number of carbonyl (C=O) groups is 1. The molecule has 10 heteroatoms. The first-order valence-electron chi connectivity index (χ1n) is 10.6. The maximum Gasteiger partial charge on any atom is 0.256 e. The molecule has 2 aromatic carbocycles. The molecule has 0 bridgehead atoms. The molecule has 0 spiro atoms. The molecule has 3 N–H and O–H groups in total. The normalized spacial score (nSPS) is 18.3. The van der Waals surface area contributed by atoms with Crippen LogP contribution in [0.2, 0.25) is 0 Å². The van der Waals surface area contributed by atoms with E-state index in [9.17, 15) is 14.4 Å². The van der Waals surface area contributed by atoms with E-state index in [4.69, 9.17) is 5.73 Å². The van der Waals surface area contributed by atoms with Gasteiger partial charge in [-0.2, -0.15) is 5.26 Å². The summed E-state index contributed by atoms with van der Waals surface area (Å²) in [5, 5.41) is 13.4. The van der Waals surface area contributed by atoms with Crippen molar-refractivity contribution in [3.8, 4) is 17.2 Å². The second kappa shape index (κ2) is 7.23. The molecule has 2 aromatic heterocycles. The summed E-state index contributed by atoms with van der Waals surface area (Å²) in [6, 6.07) is 5.99. The van der Waals surface area contributed by atoms with Gasteiger partial charge in [0, 0.05) is 43.2 Å². The van der Waals surface area contributed by atoms with Crippen molar-refractivity contribution in [1.29, 1.82) is 5.26 Å². The van der Waals surface area contributed by atoms with Crippen LogP contribution in [0.25, 0.3) is 32.2 Å². The summed E-state index contributed by atoms with van der Waals surface area (Å²) in [4.78, 5) is 19.7. The Bertz CT molecular complexity index is 1520. The van der Waals surface area contributed by atoms with Crippen molar-refractivity contribution in [3.05, 3.63) is 47.3 Å². The van der Waals surface area contributed by atoms with E-state index in [-0.39, 0.29) is 43.7 Å². The zero-order valence-corrected chi connectivity index (χ0v) is 18.2. The van der Waals surface area contributed by atoms with Crippen LogP contribution in [0.5, 0.6) is 0 Å². The first-order chi connectivity index (χ1) is 16.0. The van der Waals surface area contributed by atoms with E-state index in [2.05, 4.69) is 10.3 Å². The number of fused-ring (bicyclic) bond motifs is 2. The molecular formula is C23H18F2N6OS. The highest BCUT2D eigenvalue weighted by atomic mass is 32.1. The van der Waals surface area contributed by atoms with Crippen molar-refractivity contribution >= 4 is 43.4 Å². The van der Waals surface area contributed by atoms with Gasteiger partial charge in [0.15, 0.2) is 0 Å². The largest absolute Gasteiger partial charge is 0.389 e. The molecule has 7 nitrogen and oxygen atoms in total. The van der Waals surface area contributed by atoms with Gasteiger partial charge in [0.05, 0.1) is 27.7 Å². The minimum Gasteiger partial charge on any atom is -0.389 e. The summed E-state index contributed by atoms with van der Waals surface area (Å²) < 4.78 is 32.4. The summed E-state index contributed by atoms with van der Waals surface area (Å²) in [5.41, 5.74) is 7.68. The number of imidazole rings is 1. The van der Waals surface area contributed by atoms with Gasteiger partial charge in [0.2, 0.25) is 0 Å². The van der Waals surface area contributed by atoms with Gasteiger partial charge >= 0.3 is 0 Å². The average Bonchev–Trinajstić information content (AvgIpc) is 3.38. The number of carbonyl (C=O) groups excluding carboxylic acids is 1. The van der Waals surface area contributed by atoms with Crippen LogP contribution in [0.4, 0.5) is 13.8 Å². The number of nitrogens with two attached hydrogens (primary N) is 1. The Kier molecular flexibility index (Phi) is 4.40. The molecule has 1 atom stereocenters. The molecule has 166 valence electrons. The quantitative estimate of drug-likeness (QED) is 0.449. The standard InChI is InChI=1S/C23H18F2N6OS/c24-15-2-1-12(17-14(8-26)22(27)33-21(15)17)18-16(25)7-13-20-19(18)29-10-30(20)5-3-11-9-28-4-6-31(11)23(13)32/h1-2,7,10-11,28H,3-6,9,27H2. The van der Waals surface area contributed by atoms with Gasteiger partial charge in [-0.25, -0.2) is 13.8 Å². The smallest absolute Gasteiger partial charge is 0.256 e. The van der Waals surface area contributed by atoms with Crippen molar-refractivity contribution in [2.24, 2.45) is 0 Å². The number of aromatic nitrogens is 2. The summed E-state index contributed by atoms with van der Waals surface area (Å²) in [6.45, 7) is 2.57. The molecule has 2 aliphatic heterocycles. The van der Waals surface area contributed by atoms with E-state index in [1.807, 2.05) is 15.5 Å². The van der Waals surface area contributed by atoms with Crippen molar-refractivity contribution < 1.29 is 13.6 Å². The highest BCUT2D eigenvalue weighted by Crippen LogP contribution is 2.44. The topological polar surface area (TPSA) is 100.0 Å². The minimum atomic E-state index is -0.648. The van der Waals surface area contributed by atoms with E-state index in [1.165, 1.54) is 18.2 Å². The number of nitrogen functional groups attached to an aromatic ring is 1. The number of halogens is 2. The van der Waals surface area contributed by atoms with E-state index in [0.717, 1.165) is 17.8 Å². The Morgan fingerprint density at radius 3 is 2.91 bits per heavy atom. The van der Waals surface area contributed by atoms with Gasteiger partial charge in [0.1, 0.15) is 28.2 Å². The summed E-state index contributed by atoms with van der Waals surface area (Å²) in [7, 11) is 0. The van der Waals surface area contributed by atoms with Gasteiger partial charge in [0.25, 0.3) is 5.91 Å². The fourth-order valence-corrected chi connectivity index (χ4v) is 6.00. The molecule has 6 rings (SSSR count). The minimum absolute atomic E-state index is 0.0308. The molecule has 2 aliphatic rings. The van der Waals surface area contributed by atoms with Crippen molar-refractivity contribution in [2.45, 2.75) is 19.0 Å². The molecule has 1 unspecified atom stereocenters. The van der Waals surface area contributed by atoms with Crippen molar-refractivity contribution in [3.63, 3.8) is 0 Å². The third kappa shape index (κ3) is 2.79. The fraction of sp³-hybridized carbons (Fsp3) is 0.261. The Hall–Kier alpha value is -3.55. The van der Waals surface area contributed by atoms with Crippen LogP contribution < -0.4 is 11.1 Å². The summed E-state index contributed by atoms with van der Waals surface area (Å²) >= 11 is 0.958. The third-order valence-corrected chi connectivity index (χ3v) is 7.61. The number of nitrogens with one attached hydrogen (secondary N) is 1. The Morgan fingerprint density at radius 2 is 2.09 bits per heavy atom. The molecule has 1 fully saturated rings. The van der Waals surface area contributed by atoms with Gasteiger partial charge < -0.3 is 20.5 Å². The van der Waals surface area contributed by atoms with E-state index in [1.54, 1.807) is 6.33 Å². The average molecular weight is 465 g/mol. The molecule has 0 saturated carbocycles. The lowest BCUT2D eigenvalue weighted by Gasteiger charge is -2.38. The van der Waals surface area contributed by atoms with E-state index >= 15 is 4.39 Å². The number of benzene rings is 2. The number of piperazine rings is 1. The third-order valence-electron chi connectivity index (χ3n) is 6.58. The number of anilines is 1. The van der Waals surface area contributed by atoms with Gasteiger partial charge in [-0.05, 0) is 24.1 Å². The molecule has 1 saturated heterocycles. The zero-order chi connectivity index (χ0) is 22.9. The van der Waals surface area contributed by atoms with Crippen LogP contribution in [0.3, 0.4) is 0 Å². The highest BCUT2D eigenvalue weighted by molar-refractivity contribution is 7.23. The lowest BCUT2D eigenvalue weighted by Crippen LogP contribution is -2.54. The van der Waals surface area contributed by atoms with Crippen LogP contribution in [0.15, 0.2) is 24.5 Å². The Labute approximate surface area is 191 Å². The van der Waals surface area contributed by atoms with Crippen LogP contribution in [0.1, 0.15) is 22.3 Å². The van der Waals surface area contributed by atoms with Crippen molar-refractivity contribution in [2.75, 3.05) is 25.4 Å². The SMILES string of the molecule is N#Cc1c(N)sc2c(F)ccc(-c3c(F)cc4c5c3ncn5CCC3CNCCN3C4=O)c12. The number of rotatable bonds is 1. The first-order valence-corrected chi connectivity index (χ1v) is 11.4. The van der Waals surface area contributed by atoms with Crippen LogP contribution >= 0.6 is 11.3 Å². The highest BCUT2D eigenvalue weighted by Gasteiger charge is 2.33. The second-order valence-electron chi connectivity index (χ2n) is 8.31. The number of amides is 1. The fourth-order valence-electron chi connectivity index (χ4n) is 5.05. The maximum atomic E-state index is 15.8. The van der Waals surface area contributed by atoms with Crippen molar-refractivity contribution in [1.82, 2.24) is 19.8 Å². The number of hydrogen-bond donors (Lipinski definition) is 2. The van der Waals surface area contributed by atoms with E-state index < -0.39 is 11.6 Å². The van der Waals surface area contributed by atoms with Gasteiger partial charge in [-0.1, -0.05) is 6.07 Å². The van der Waals surface area contributed by atoms with E-state index in [0.29, 0.717) is 42.8 Å². The molecule has 4 aromatic rings. The molecule has 4 heterocycles. The predicted molar refractivity (Wildman–Crippen MR) is 122 cm³/mol. The molecular weight excluding hydrogens is 446 g/mol. The first kappa shape index (κ1) is 20.1. The molecule has 0 radical (unpaired) electrons. The van der Waals surface area contributed by atoms with Crippen LogP contribution in [-0.2, 0) is 6.54 Å². The summed E-state index contributed by atoms with van der Waals surface area (Å²) in [6.07, 6.45) is 2.36. The number of nitrogens with zero attached hydrogens (tertiary/aromatic N) is 4.